The number of hydrogen-bond acceptors (Lipinski definition) is 4. The van der Waals surface area contributed by atoms with Crippen molar-refractivity contribution in [3.8, 4) is 0 Å². The third kappa shape index (κ3) is 3.44. The third-order valence-corrected chi connectivity index (χ3v) is 4.71. The Morgan fingerprint density at radius 3 is 2.00 bits per heavy atom. The fraction of sp³-hybridized carbons (Fsp3) is 1.00. The molecule has 0 radical (unpaired) electrons. The average molecular weight is 278 g/mol. The lowest BCUT2D eigenvalue weighted by Crippen LogP contribution is -2.63. The summed E-state index contributed by atoms with van der Waals surface area (Å²) in [4.78, 5) is 5.82. The van der Waals surface area contributed by atoms with E-state index in [1.807, 2.05) is 32.8 Å². The largest absolute Gasteiger partial charge is 0.298 e. The van der Waals surface area contributed by atoms with Gasteiger partial charge in [0.15, 0.2) is 0 Å². The Kier molecular flexibility index (Phi) is 4.48. The summed E-state index contributed by atoms with van der Waals surface area (Å²) >= 11 is 0. The van der Waals surface area contributed by atoms with Crippen LogP contribution in [-0.2, 0) is 14.9 Å². The summed E-state index contributed by atoms with van der Waals surface area (Å²) in [5.74, 6) is 0. The first-order chi connectivity index (χ1) is 8.00. The van der Waals surface area contributed by atoms with Crippen molar-refractivity contribution < 1.29 is 13.3 Å². The van der Waals surface area contributed by atoms with Crippen LogP contribution in [0.5, 0.6) is 0 Å². The lowest BCUT2D eigenvalue weighted by Gasteiger charge is -2.53. The summed E-state index contributed by atoms with van der Waals surface area (Å²) in [7, 11) is -3.49. The summed E-state index contributed by atoms with van der Waals surface area (Å²) in [6.07, 6.45) is 1.93. The molecule has 0 spiro atoms. The van der Waals surface area contributed by atoms with E-state index in [4.69, 9.17) is 9.98 Å². The Bertz CT molecular complexity index is 372. The Balaban J connectivity index is 2.98. The summed E-state index contributed by atoms with van der Waals surface area (Å²) < 4.78 is 23.2. The number of hydrogen-bond donors (Lipinski definition) is 1. The van der Waals surface area contributed by atoms with Gasteiger partial charge in [-0.15, -0.1) is 0 Å². The van der Waals surface area contributed by atoms with Crippen molar-refractivity contribution in [2.24, 2.45) is 5.14 Å². The maximum atomic E-state index is 11.6. The average Bonchev–Trinajstić information content (AvgIpc) is 2.12. The second-order valence-electron chi connectivity index (χ2n) is 6.37. The minimum Gasteiger partial charge on any atom is -0.298 e. The van der Waals surface area contributed by atoms with Crippen molar-refractivity contribution in [3.05, 3.63) is 0 Å². The molecule has 108 valence electrons. The topological polar surface area (TPSA) is 72.6 Å². The standard InChI is InChI=1S/C12H26N2O3S/c1-6-7-17-14-11(2,3)8-10(18(13,15)16)9-12(14,4)5/h10H,6-9H2,1-5H3,(H2,13,15,16). The van der Waals surface area contributed by atoms with Crippen LogP contribution < -0.4 is 5.14 Å². The molecule has 0 bridgehead atoms. The molecular weight excluding hydrogens is 252 g/mol. The molecule has 1 heterocycles. The maximum absolute atomic E-state index is 11.6. The van der Waals surface area contributed by atoms with Crippen molar-refractivity contribution in [2.75, 3.05) is 6.61 Å². The van der Waals surface area contributed by atoms with Gasteiger partial charge in [-0.25, -0.2) is 13.6 Å². The predicted molar refractivity (Wildman–Crippen MR) is 72.4 cm³/mol. The molecule has 0 aromatic rings. The van der Waals surface area contributed by atoms with Gasteiger partial charge in [0.1, 0.15) is 0 Å². The zero-order valence-corrected chi connectivity index (χ0v) is 12.9. The van der Waals surface area contributed by atoms with Crippen LogP contribution in [0.25, 0.3) is 0 Å². The highest BCUT2D eigenvalue weighted by molar-refractivity contribution is 7.89. The third-order valence-electron chi connectivity index (χ3n) is 3.44. The number of piperidine rings is 1. The minimum absolute atomic E-state index is 0.339. The first-order valence-electron chi connectivity index (χ1n) is 6.45. The quantitative estimate of drug-likeness (QED) is 0.848. The fourth-order valence-corrected chi connectivity index (χ4v) is 4.22. The summed E-state index contributed by atoms with van der Waals surface area (Å²) in [5.41, 5.74) is -0.679. The van der Waals surface area contributed by atoms with E-state index in [0.717, 1.165) is 6.42 Å². The number of hydroxylamine groups is 2. The normalized spacial score (nSPS) is 25.2. The van der Waals surface area contributed by atoms with Gasteiger partial charge in [0.25, 0.3) is 0 Å². The second-order valence-corrected chi connectivity index (χ2v) is 8.22. The summed E-state index contributed by atoms with van der Waals surface area (Å²) in [6, 6.07) is 0. The van der Waals surface area contributed by atoms with Crippen molar-refractivity contribution in [1.29, 1.82) is 0 Å². The zero-order chi connectivity index (χ0) is 14.2. The van der Waals surface area contributed by atoms with E-state index in [1.54, 1.807) is 0 Å². The van der Waals surface area contributed by atoms with Crippen molar-refractivity contribution in [3.63, 3.8) is 0 Å². The predicted octanol–water partition coefficient (Wildman–Crippen LogP) is 1.64. The molecule has 0 amide bonds. The van der Waals surface area contributed by atoms with Gasteiger partial charge in [-0.3, -0.25) is 4.84 Å². The SMILES string of the molecule is CCCON1C(C)(C)CC(S(N)(=O)=O)CC1(C)C. The molecule has 5 nitrogen and oxygen atoms in total. The molecule has 0 aliphatic carbocycles. The van der Waals surface area contributed by atoms with Gasteiger partial charge in [-0.1, -0.05) is 6.92 Å². The molecule has 1 aliphatic rings. The molecular formula is C12H26N2O3S. The van der Waals surface area contributed by atoms with Crippen LogP contribution in [0.15, 0.2) is 0 Å². The van der Waals surface area contributed by atoms with Gasteiger partial charge in [-0.2, -0.15) is 5.06 Å². The fourth-order valence-electron chi connectivity index (χ4n) is 2.94. The van der Waals surface area contributed by atoms with E-state index in [0.29, 0.717) is 19.4 Å². The second kappa shape index (κ2) is 5.07. The highest BCUT2D eigenvalue weighted by atomic mass is 32.2. The Hall–Kier alpha value is -0.170. The Morgan fingerprint density at radius 1 is 1.22 bits per heavy atom. The van der Waals surface area contributed by atoms with E-state index < -0.39 is 15.3 Å². The van der Waals surface area contributed by atoms with E-state index in [-0.39, 0.29) is 11.1 Å². The van der Waals surface area contributed by atoms with Gasteiger partial charge in [-0.05, 0) is 47.0 Å². The first kappa shape index (κ1) is 15.9. The number of rotatable bonds is 4. The van der Waals surface area contributed by atoms with E-state index in [9.17, 15) is 8.42 Å². The van der Waals surface area contributed by atoms with E-state index in [1.165, 1.54) is 0 Å². The molecule has 0 atom stereocenters. The summed E-state index contributed by atoms with van der Waals surface area (Å²) in [5, 5.41) is 6.76. The van der Waals surface area contributed by atoms with Crippen LogP contribution in [0.2, 0.25) is 0 Å². The van der Waals surface area contributed by atoms with Gasteiger partial charge in [0.2, 0.25) is 10.0 Å². The lowest BCUT2D eigenvalue weighted by molar-refractivity contribution is -0.279. The first-order valence-corrected chi connectivity index (χ1v) is 8.06. The van der Waals surface area contributed by atoms with Crippen LogP contribution in [0.3, 0.4) is 0 Å². The van der Waals surface area contributed by atoms with Gasteiger partial charge in [0.05, 0.1) is 11.9 Å². The highest BCUT2D eigenvalue weighted by Crippen LogP contribution is 2.40. The molecule has 0 unspecified atom stereocenters. The van der Waals surface area contributed by atoms with Crippen LogP contribution in [0.4, 0.5) is 0 Å². The highest BCUT2D eigenvalue weighted by Gasteiger charge is 2.49. The molecule has 1 aliphatic heterocycles. The Morgan fingerprint density at radius 2 is 1.67 bits per heavy atom. The minimum atomic E-state index is -3.49. The van der Waals surface area contributed by atoms with E-state index >= 15 is 0 Å². The number of primary sulfonamides is 1. The molecule has 0 saturated carbocycles. The monoisotopic (exact) mass is 278 g/mol. The zero-order valence-electron chi connectivity index (χ0n) is 12.1. The van der Waals surface area contributed by atoms with E-state index in [2.05, 4.69) is 6.92 Å². The molecule has 6 heteroatoms. The van der Waals surface area contributed by atoms with Crippen molar-refractivity contribution in [2.45, 2.75) is 70.2 Å². The molecule has 1 saturated heterocycles. The number of sulfonamides is 1. The summed E-state index contributed by atoms with van der Waals surface area (Å²) in [6.45, 7) is 10.7. The Labute approximate surface area is 111 Å². The van der Waals surface area contributed by atoms with Crippen LogP contribution in [0.1, 0.15) is 53.9 Å². The molecule has 0 aromatic heterocycles. The maximum Gasteiger partial charge on any atom is 0.212 e. The van der Waals surface area contributed by atoms with Crippen molar-refractivity contribution in [1.82, 2.24) is 5.06 Å². The molecule has 0 aromatic carbocycles. The van der Waals surface area contributed by atoms with Gasteiger partial charge >= 0.3 is 0 Å². The molecule has 2 N–H and O–H groups in total. The molecule has 1 fully saturated rings. The molecule has 1 rings (SSSR count). The molecule has 18 heavy (non-hydrogen) atoms. The van der Waals surface area contributed by atoms with Crippen LogP contribution in [-0.4, -0.2) is 36.4 Å². The van der Waals surface area contributed by atoms with Gasteiger partial charge < -0.3 is 0 Å². The van der Waals surface area contributed by atoms with Crippen LogP contribution >= 0.6 is 0 Å². The van der Waals surface area contributed by atoms with Crippen LogP contribution in [0, 0.1) is 0 Å². The number of nitrogens with two attached hydrogens (primary N) is 1. The van der Waals surface area contributed by atoms with Gasteiger partial charge in [0, 0.05) is 11.1 Å². The smallest absolute Gasteiger partial charge is 0.212 e. The number of nitrogens with zero attached hydrogens (tertiary/aromatic N) is 1. The lowest BCUT2D eigenvalue weighted by atomic mass is 9.82. The van der Waals surface area contributed by atoms with Crippen molar-refractivity contribution >= 4 is 10.0 Å².